The van der Waals surface area contributed by atoms with E-state index in [4.69, 9.17) is 0 Å². The Balaban J connectivity index is 1.29. The molecule has 6 fully saturated rings. The Morgan fingerprint density at radius 2 is 1.50 bits per heavy atom. The van der Waals surface area contributed by atoms with Gasteiger partial charge in [-0.05, 0) is 109 Å². The van der Waals surface area contributed by atoms with Gasteiger partial charge < -0.3 is 0 Å². The van der Waals surface area contributed by atoms with E-state index < -0.39 is 0 Å². The predicted octanol–water partition coefficient (Wildman–Crippen LogP) is 5.01. The van der Waals surface area contributed by atoms with Crippen LogP contribution in [0.1, 0.15) is 45.4 Å². The molecule has 0 heterocycles. The van der Waals surface area contributed by atoms with Gasteiger partial charge in [0.05, 0.1) is 0 Å². The van der Waals surface area contributed by atoms with E-state index in [-0.39, 0.29) is 0 Å². The van der Waals surface area contributed by atoms with Gasteiger partial charge in [0.2, 0.25) is 0 Å². The van der Waals surface area contributed by atoms with E-state index in [1.807, 2.05) is 0 Å². The number of allylic oxidation sites excluding steroid dienone is 2. The quantitative estimate of drug-likeness (QED) is 0.471. The Kier molecular flexibility index (Phi) is 2.04. The summed E-state index contributed by atoms with van der Waals surface area (Å²) in [5, 5.41) is 0. The predicted molar refractivity (Wildman–Crippen MR) is 87.9 cm³/mol. The maximum atomic E-state index is 2.66. The van der Waals surface area contributed by atoms with E-state index in [0.717, 1.165) is 29.6 Å². The molecule has 118 valence electrons. The average Bonchev–Trinajstić information content (AvgIpc) is 3.35. The third-order valence-electron chi connectivity index (χ3n) is 10.6. The van der Waals surface area contributed by atoms with Crippen molar-refractivity contribution in [2.75, 3.05) is 0 Å². The first-order valence-electron chi connectivity index (χ1n) is 10.5. The molecule has 0 N–H and O–H groups in total. The summed E-state index contributed by atoms with van der Waals surface area (Å²) in [6, 6.07) is 0. The first-order valence-corrected chi connectivity index (χ1v) is 10.5. The van der Waals surface area contributed by atoms with E-state index >= 15 is 0 Å². The van der Waals surface area contributed by atoms with Crippen LogP contribution in [0.4, 0.5) is 0 Å². The fraction of sp³-hybridized carbons (Fsp3) is 0.909. The highest BCUT2D eigenvalue weighted by atomic mass is 14.8. The Labute approximate surface area is 135 Å². The molecule has 0 aliphatic heterocycles. The van der Waals surface area contributed by atoms with Crippen LogP contribution in [-0.2, 0) is 0 Å². The summed E-state index contributed by atoms with van der Waals surface area (Å²) in [6.07, 6.45) is 14.8. The normalized spacial score (nSPS) is 71.4. The zero-order valence-electron chi connectivity index (χ0n) is 13.9. The molecule has 7 rings (SSSR count). The Hall–Kier alpha value is -0.260. The minimum absolute atomic E-state index is 1.03. The van der Waals surface area contributed by atoms with Crippen molar-refractivity contribution in [3.8, 4) is 0 Å². The lowest BCUT2D eigenvalue weighted by Gasteiger charge is -2.49. The van der Waals surface area contributed by atoms with Crippen molar-refractivity contribution >= 4 is 0 Å². The van der Waals surface area contributed by atoms with Crippen LogP contribution in [0.5, 0.6) is 0 Å². The minimum Gasteiger partial charge on any atom is -0.0879 e. The number of hydrogen-bond acceptors (Lipinski definition) is 0. The molecule has 0 amide bonds. The van der Waals surface area contributed by atoms with Crippen molar-refractivity contribution in [1.82, 2.24) is 0 Å². The Morgan fingerprint density at radius 1 is 0.727 bits per heavy atom. The highest BCUT2D eigenvalue weighted by Gasteiger charge is 2.73. The standard InChI is InChI=1S/C22H30/c1-2-10-6-11-7-14(10)20-18-9-17(19(11)20)21-15-8-16(22(18)21)13-5-3-4-12(13)15/h3,5,10-22H,2,4,6-9H2,1H3. The van der Waals surface area contributed by atoms with E-state index in [0.29, 0.717) is 0 Å². The van der Waals surface area contributed by atoms with Crippen molar-refractivity contribution in [1.29, 1.82) is 0 Å². The van der Waals surface area contributed by atoms with Crippen LogP contribution in [0.2, 0.25) is 0 Å². The lowest BCUT2D eigenvalue weighted by atomic mass is 9.56. The van der Waals surface area contributed by atoms with Crippen LogP contribution in [-0.4, -0.2) is 0 Å². The van der Waals surface area contributed by atoms with Gasteiger partial charge in [0.1, 0.15) is 0 Å². The molecule has 0 spiro atoms. The zero-order valence-corrected chi connectivity index (χ0v) is 13.9. The summed E-state index contributed by atoms with van der Waals surface area (Å²) in [5.74, 6) is 15.1. The van der Waals surface area contributed by atoms with Crippen molar-refractivity contribution < 1.29 is 0 Å². The number of hydrogen-bond donors (Lipinski definition) is 0. The minimum atomic E-state index is 1.03. The third kappa shape index (κ3) is 1.09. The molecule has 0 aromatic heterocycles. The van der Waals surface area contributed by atoms with Gasteiger partial charge in [-0.15, -0.1) is 0 Å². The second-order valence-electron chi connectivity index (χ2n) is 10.4. The van der Waals surface area contributed by atoms with Gasteiger partial charge in [0.15, 0.2) is 0 Å². The van der Waals surface area contributed by atoms with E-state index in [9.17, 15) is 0 Å². The summed E-state index contributed by atoms with van der Waals surface area (Å²) < 4.78 is 0. The fourth-order valence-electron chi connectivity index (χ4n) is 10.6. The Morgan fingerprint density at radius 3 is 2.41 bits per heavy atom. The van der Waals surface area contributed by atoms with Gasteiger partial charge in [-0.3, -0.25) is 0 Å². The molecule has 0 aromatic carbocycles. The molecule has 6 bridgehead atoms. The summed E-state index contributed by atoms with van der Waals surface area (Å²) in [5.41, 5.74) is 0. The molecule has 22 heavy (non-hydrogen) atoms. The van der Waals surface area contributed by atoms with Crippen LogP contribution >= 0.6 is 0 Å². The highest BCUT2D eigenvalue weighted by Crippen LogP contribution is 2.79. The topological polar surface area (TPSA) is 0 Å². The molecule has 0 heteroatoms. The molecule has 7 aliphatic rings. The van der Waals surface area contributed by atoms with Crippen LogP contribution in [0.3, 0.4) is 0 Å². The number of fused-ring (bicyclic) bond motifs is 19. The summed E-state index contributed by atoms with van der Waals surface area (Å²) in [7, 11) is 0. The molecule has 0 saturated heterocycles. The summed E-state index contributed by atoms with van der Waals surface area (Å²) in [6.45, 7) is 2.47. The van der Waals surface area contributed by atoms with E-state index in [2.05, 4.69) is 19.1 Å². The lowest BCUT2D eigenvalue weighted by molar-refractivity contribution is -0.0144. The molecule has 0 aromatic rings. The van der Waals surface area contributed by atoms with Gasteiger partial charge in [-0.25, -0.2) is 0 Å². The maximum Gasteiger partial charge on any atom is -0.0168 e. The first-order chi connectivity index (χ1) is 10.9. The van der Waals surface area contributed by atoms with Crippen LogP contribution < -0.4 is 0 Å². The van der Waals surface area contributed by atoms with Crippen LogP contribution in [0.15, 0.2) is 12.2 Å². The van der Waals surface area contributed by atoms with Gasteiger partial charge in [-0.1, -0.05) is 25.5 Å². The molecule has 13 atom stereocenters. The van der Waals surface area contributed by atoms with Gasteiger partial charge in [0.25, 0.3) is 0 Å². The molecule has 6 saturated carbocycles. The summed E-state index contributed by atoms with van der Waals surface area (Å²) in [4.78, 5) is 0. The molecule has 13 unspecified atom stereocenters. The molecular formula is C22H30. The second kappa shape index (κ2) is 3.70. The van der Waals surface area contributed by atoms with Crippen molar-refractivity contribution in [2.45, 2.75) is 45.4 Å². The van der Waals surface area contributed by atoms with Crippen molar-refractivity contribution in [3.05, 3.63) is 12.2 Å². The molecule has 0 nitrogen and oxygen atoms in total. The van der Waals surface area contributed by atoms with E-state index in [1.54, 1.807) is 25.7 Å². The number of rotatable bonds is 1. The van der Waals surface area contributed by atoms with Gasteiger partial charge in [0, 0.05) is 0 Å². The second-order valence-corrected chi connectivity index (χ2v) is 10.4. The van der Waals surface area contributed by atoms with Crippen LogP contribution in [0.25, 0.3) is 0 Å². The monoisotopic (exact) mass is 294 g/mol. The lowest BCUT2D eigenvalue weighted by Crippen LogP contribution is -2.45. The average molecular weight is 294 g/mol. The molecular weight excluding hydrogens is 264 g/mol. The van der Waals surface area contributed by atoms with Gasteiger partial charge in [-0.2, -0.15) is 0 Å². The van der Waals surface area contributed by atoms with E-state index in [1.165, 1.54) is 60.2 Å². The van der Waals surface area contributed by atoms with Gasteiger partial charge >= 0.3 is 0 Å². The summed E-state index contributed by atoms with van der Waals surface area (Å²) >= 11 is 0. The third-order valence-corrected chi connectivity index (χ3v) is 10.6. The van der Waals surface area contributed by atoms with Crippen molar-refractivity contribution in [2.24, 2.45) is 76.9 Å². The maximum absolute atomic E-state index is 2.66. The SMILES string of the molecule is CCC1CC2CC1C1C3CC(C21)C1C2CC(C4C=CCC42)C31. The molecule has 7 aliphatic carbocycles. The first kappa shape index (κ1) is 12.2. The smallest absolute Gasteiger partial charge is 0.0168 e. The molecule has 0 radical (unpaired) electrons. The van der Waals surface area contributed by atoms with Crippen LogP contribution in [0, 0.1) is 76.9 Å². The van der Waals surface area contributed by atoms with Crippen molar-refractivity contribution in [3.63, 3.8) is 0 Å². The largest absolute Gasteiger partial charge is 0.0879 e. The fourth-order valence-corrected chi connectivity index (χ4v) is 10.6. The highest BCUT2D eigenvalue weighted by molar-refractivity contribution is 5.24. The Bertz CT molecular complexity index is 560. The zero-order chi connectivity index (χ0) is 14.2.